The van der Waals surface area contributed by atoms with E-state index in [-0.39, 0.29) is 11.9 Å². The van der Waals surface area contributed by atoms with Crippen molar-refractivity contribution in [1.82, 2.24) is 15.5 Å². The van der Waals surface area contributed by atoms with E-state index >= 15 is 0 Å². The predicted octanol–water partition coefficient (Wildman–Crippen LogP) is 2.76. The van der Waals surface area contributed by atoms with Gasteiger partial charge >= 0.3 is 0 Å². The number of nitrogens with one attached hydrogen (secondary N) is 2. The second-order valence-corrected chi connectivity index (χ2v) is 6.92. The lowest BCUT2D eigenvalue weighted by Gasteiger charge is -2.11. The maximum atomic E-state index is 11.7. The second kappa shape index (κ2) is 8.37. The lowest BCUT2D eigenvalue weighted by atomic mass is 10.2. The largest absolute Gasteiger partial charge is 0.358 e. The van der Waals surface area contributed by atoms with Crippen molar-refractivity contribution in [1.29, 1.82) is 0 Å². The van der Waals surface area contributed by atoms with E-state index in [1.54, 1.807) is 0 Å². The molecule has 5 nitrogen and oxygen atoms in total. The highest BCUT2D eigenvalue weighted by Gasteiger charge is 2.10. The second-order valence-electron chi connectivity index (χ2n) is 4.72. The number of aromatic nitrogens is 2. The first-order chi connectivity index (χ1) is 9.01. The number of amides is 1. The molecule has 1 rings (SSSR count). The van der Waals surface area contributed by atoms with Crippen molar-refractivity contribution in [2.24, 2.45) is 0 Å². The normalized spacial score (nSPS) is 12.5. The fourth-order valence-electron chi connectivity index (χ4n) is 1.52. The van der Waals surface area contributed by atoms with E-state index in [2.05, 4.69) is 41.6 Å². The summed E-state index contributed by atoms with van der Waals surface area (Å²) in [5.41, 5.74) is 0. The Balaban J connectivity index is 2.31. The molecule has 19 heavy (non-hydrogen) atoms. The van der Waals surface area contributed by atoms with Gasteiger partial charge in [0.25, 0.3) is 0 Å². The summed E-state index contributed by atoms with van der Waals surface area (Å²) >= 11 is 2.91. The zero-order chi connectivity index (χ0) is 14.3. The van der Waals surface area contributed by atoms with Crippen LogP contribution in [0.4, 0.5) is 5.13 Å². The number of rotatable bonds is 8. The molecule has 1 atom stereocenters. The summed E-state index contributed by atoms with van der Waals surface area (Å²) in [5.74, 6) is 0.448. The van der Waals surface area contributed by atoms with Gasteiger partial charge in [0.2, 0.25) is 11.0 Å². The first-order valence-electron chi connectivity index (χ1n) is 6.53. The molecule has 2 N–H and O–H groups in total. The highest BCUT2D eigenvalue weighted by molar-refractivity contribution is 8.01. The minimum atomic E-state index is 0.0551. The molecule has 0 fully saturated rings. The molecule has 1 amide bonds. The molecule has 1 aromatic rings. The number of carbonyl (C=O) groups is 1. The van der Waals surface area contributed by atoms with Gasteiger partial charge in [-0.15, -0.1) is 10.2 Å². The van der Waals surface area contributed by atoms with E-state index in [1.165, 1.54) is 23.1 Å². The minimum Gasteiger partial charge on any atom is -0.358 e. The number of thioether (sulfide) groups is 1. The van der Waals surface area contributed by atoms with E-state index in [0.717, 1.165) is 22.3 Å². The Labute approximate surface area is 123 Å². The van der Waals surface area contributed by atoms with Crippen LogP contribution in [0.25, 0.3) is 0 Å². The monoisotopic (exact) mass is 302 g/mol. The van der Waals surface area contributed by atoms with Gasteiger partial charge in [0.05, 0.1) is 5.75 Å². The van der Waals surface area contributed by atoms with Gasteiger partial charge in [0.15, 0.2) is 4.34 Å². The number of nitrogens with zero attached hydrogens (tertiary/aromatic N) is 2. The van der Waals surface area contributed by atoms with Crippen LogP contribution in [0.1, 0.15) is 40.5 Å². The van der Waals surface area contributed by atoms with Crippen molar-refractivity contribution < 1.29 is 4.79 Å². The SMILES string of the molecule is CCCC(C)NC(=O)CSc1nnc(NC(C)C)s1. The van der Waals surface area contributed by atoms with Gasteiger partial charge in [-0.2, -0.15) is 0 Å². The van der Waals surface area contributed by atoms with Gasteiger partial charge in [-0.25, -0.2) is 0 Å². The summed E-state index contributed by atoms with van der Waals surface area (Å²) < 4.78 is 0.821. The number of hydrogen-bond acceptors (Lipinski definition) is 6. The van der Waals surface area contributed by atoms with Gasteiger partial charge < -0.3 is 10.6 Å². The van der Waals surface area contributed by atoms with Crippen LogP contribution < -0.4 is 10.6 Å². The Bertz CT molecular complexity index is 395. The third-order valence-electron chi connectivity index (χ3n) is 2.27. The predicted molar refractivity (Wildman–Crippen MR) is 81.9 cm³/mol. The Kier molecular flexibility index (Phi) is 7.15. The third-order valence-corrected chi connectivity index (χ3v) is 4.26. The van der Waals surface area contributed by atoms with Gasteiger partial charge in [0, 0.05) is 12.1 Å². The molecule has 7 heteroatoms. The van der Waals surface area contributed by atoms with Crippen LogP contribution in [-0.2, 0) is 4.79 Å². The van der Waals surface area contributed by atoms with Gasteiger partial charge in [-0.1, -0.05) is 36.4 Å². The maximum absolute atomic E-state index is 11.7. The molecule has 0 saturated carbocycles. The maximum Gasteiger partial charge on any atom is 0.230 e. The standard InChI is InChI=1S/C12H22N4OS2/c1-5-6-9(4)14-10(17)7-18-12-16-15-11(19-12)13-8(2)3/h8-9H,5-7H2,1-4H3,(H,13,15)(H,14,17). The summed E-state index contributed by atoms with van der Waals surface area (Å²) in [6.45, 7) is 8.25. The molecule has 0 radical (unpaired) electrons. The van der Waals surface area contributed by atoms with Crippen molar-refractivity contribution in [3.63, 3.8) is 0 Å². The van der Waals surface area contributed by atoms with Crippen LogP contribution in [-0.4, -0.2) is 33.9 Å². The highest BCUT2D eigenvalue weighted by Crippen LogP contribution is 2.25. The quantitative estimate of drug-likeness (QED) is 0.723. The molecule has 0 aromatic carbocycles. The van der Waals surface area contributed by atoms with E-state index in [9.17, 15) is 4.79 Å². The molecule has 0 spiro atoms. The van der Waals surface area contributed by atoms with Crippen LogP contribution in [0.3, 0.4) is 0 Å². The number of carbonyl (C=O) groups excluding carboxylic acids is 1. The van der Waals surface area contributed by atoms with Crippen molar-refractivity contribution >= 4 is 34.1 Å². The molecule has 0 aliphatic carbocycles. The molecular weight excluding hydrogens is 280 g/mol. The minimum absolute atomic E-state index is 0.0551. The van der Waals surface area contributed by atoms with Crippen molar-refractivity contribution in [2.45, 2.75) is 57.0 Å². The summed E-state index contributed by atoms with van der Waals surface area (Å²) in [7, 11) is 0. The van der Waals surface area contributed by atoms with Crippen LogP contribution in [0.2, 0.25) is 0 Å². The van der Waals surface area contributed by atoms with E-state index in [4.69, 9.17) is 0 Å². The van der Waals surface area contributed by atoms with E-state index in [0.29, 0.717) is 11.8 Å². The smallest absolute Gasteiger partial charge is 0.230 e. The van der Waals surface area contributed by atoms with Crippen LogP contribution in [0.5, 0.6) is 0 Å². The molecule has 1 aromatic heterocycles. The molecule has 0 aliphatic heterocycles. The van der Waals surface area contributed by atoms with Crippen LogP contribution in [0, 0.1) is 0 Å². The Hall–Kier alpha value is -0.820. The van der Waals surface area contributed by atoms with Crippen LogP contribution in [0.15, 0.2) is 4.34 Å². The fraction of sp³-hybridized carbons (Fsp3) is 0.750. The molecule has 0 bridgehead atoms. The highest BCUT2D eigenvalue weighted by atomic mass is 32.2. The third kappa shape index (κ3) is 6.77. The van der Waals surface area contributed by atoms with Crippen molar-refractivity contribution in [2.75, 3.05) is 11.1 Å². The topological polar surface area (TPSA) is 66.9 Å². The summed E-state index contributed by atoms with van der Waals surface area (Å²) in [5, 5.41) is 15.0. The zero-order valence-corrected chi connectivity index (χ0v) is 13.5. The summed E-state index contributed by atoms with van der Waals surface area (Å²) in [6, 6.07) is 0.578. The van der Waals surface area contributed by atoms with Gasteiger partial charge in [-0.3, -0.25) is 4.79 Å². The lowest BCUT2D eigenvalue weighted by molar-refractivity contribution is -0.119. The lowest BCUT2D eigenvalue weighted by Crippen LogP contribution is -2.33. The number of anilines is 1. The average Bonchev–Trinajstić information content (AvgIpc) is 2.73. The first-order valence-corrected chi connectivity index (χ1v) is 8.33. The molecule has 108 valence electrons. The van der Waals surface area contributed by atoms with Crippen molar-refractivity contribution in [3.05, 3.63) is 0 Å². The molecule has 1 heterocycles. The zero-order valence-electron chi connectivity index (χ0n) is 11.9. The Morgan fingerprint density at radius 2 is 2.11 bits per heavy atom. The molecule has 0 aliphatic rings. The Morgan fingerprint density at radius 1 is 1.37 bits per heavy atom. The van der Waals surface area contributed by atoms with Gasteiger partial charge in [0.1, 0.15) is 0 Å². The number of hydrogen-bond donors (Lipinski definition) is 2. The Morgan fingerprint density at radius 3 is 2.74 bits per heavy atom. The summed E-state index contributed by atoms with van der Waals surface area (Å²) in [4.78, 5) is 11.7. The van der Waals surface area contributed by atoms with E-state index < -0.39 is 0 Å². The summed E-state index contributed by atoms with van der Waals surface area (Å²) in [6.07, 6.45) is 2.09. The fourth-order valence-corrected chi connectivity index (χ4v) is 3.23. The molecule has 1 unspecified atom stereocenters. The average molecular weight is 302 g/mol. The van der Waals surface area contributed by atoms with Crippen molar-refractivity contribution in [3.8, 4) is 0 Å². The van der Waals surface area contributed by atoms with Gasteiger partial charge in [-0.05, 0) is 27.2 Å². The first kappa shape index (κ1) is 16.2. The molecular formula is C12H22N4OS2. The van der Waals surface area contributed by atoms with E-state index in [1.807, 2.05) is 6.92 Å². The molecule has 0 saturated heterocycles. The van der Waals surface area contributed by atoms with Crippen LogP contribution >= 0.6 is 23.1 Å².